The molecule has 3 aromatic rings. The lowest BCUT2D eigenvalue weighted by atomic mass is 10.1. The van der Waals surface area contributed by atoms with E-state index in [0.717, 1.165) is 43.5 Å². The maximum Gasteiger partial charge on any atom is 0.255 e. The molecule has 0 radical (unpaired) electrons. The van der Waals surface area contributed by atoms with E-state index >= 15 is 0 Å². The number of para-hydroxylation sites is 1. The van der Waals surface area contributed by atoms with Gasteiger partial charge in [0, 0.05) is 51.4 Å². The molecule has 9 heteroatoms. The lowest BCUT2D eigenvalue weighted by Crippen LogP contribution is -2.48. The van der Waals surface area contributed by atoms with Crippen LogP contribution in [0.4, 0.5) is 5.69 Å². The molecule has 0 aromatic heterocycles. The Labute approximate surface area is 236 Å². The fourth-order valence-corrected chi connectivity index (χ4v) is 6.67. The van der Waals surface area contributed by atoms with E-state index in [1.54, 1.807) is 40.7 Å². The molecule has 0 atom stereocenters. The summed E-state index contributed by atoms with van der Waals surface area (Å²) in [6, 6.07) is 21.6. The number of hydrogen-bond acceptors (Lipinski definition) is 5. The molecule has 3 aromatic carbocycles. The van der Waals surface area contributed by atoms with Crippen LogP contribution in [0.2, 0.25) is 0 Å². The second-order valence-electron chi connectivity index (χ2n) is 10.5. The normalized spacial score (nSPS) is 17.0. The Hall–Kier alpha value is -3.53. The van der Waals surface area contributed by atoms with E-state index < -0.39 is 10.0 Å². The van der Waals surface area contributed by atoms with Crippen LogP contribution in [-0.2, 0) is 16.6 Å². The number of piperazine rings is 1. The molecule has 0 unspecified atom stereocenters. The van der Waals surface area contributed by atoms with Crippen molar-refractivity contribution in [2.45, 2.75) is 37.6 Å². The number of aryl methyl sites for hydroxylation is 1. The molecule has 0 spiro atoms. The Morgan fingerprint density at radius 2 is 1.43 bits per heavy atom. The second kappa shape index (κ2) is 12.3. The number of anilines is 1. The summed E-state index contributed by atoms with van der Waals surface area (Å²) in [5.74, 6) is -0.307. The number of nitrogens with zero attached hydrogens (tertiary/aromatic N) is 3. The van der Waals surface area contributed by atoms with Gasteiger partial charge in [-0.15, -0.1) is 0 Å². The van der Waals surface area contributed by atoms with Crippen molar-refractivity contribution in [2.24, 2.45) is 0 Å². The molecule has 5 rings (SSSR count). The van der Waals surface area contributed by atoms with Gasteiger partial charge in [-0.25, -0.2) is 8.42 Å². The minimum absolute atomic E-state index is 0.0438. The van der Waals surface area contributed by atoms with Crippen molar-refractivity contribution < 1.29 is 18.0 Å². The standard InChI is InChI=1S/C31H36N4O4S/c1-24-9-15-27(16-10-24)40(38,39)35-21-19-33(20-22-35)23-25-11-13-26(14-12-25)30(36)32-29-8-4-3-7-28(29)31(37)34-17-5-2-6-18-34/h3-4,7-16H,2,5-6,17-23H2,1H3,(H,32,36). The van der Waals surface area contributed by atoms with Gasteiger partial charge < -0.3 is 10.2 Å². The maximum atomic E-state index is 13.1. The zero-order chi connectivity index (χ0) is 28.1. The Bertz CT molecular complexity index is 1440. The summed E-state index contributed by atoms with van der Waals surface area (Å²) in [7, 11) is -3.49. The summed E-state index contributed by atoms with van der Waals surface area (Å²) in [4.78, 5) is 30.5. The molecule has 2 heterocycles. The number of benzene rings is 3. The van der Waals surface area contributed by atoms with Crippen LogP contribution in [0.25, 0.3) is 0 Å². The van der Waals surface area contributed by atoms with E-state index in [2.05, 4.69) is 10.2 Å². The molecular formula is C31H36N4O4S. The first-order chi connectivity index (χ1) is 19.3. The topological polar surface area (TPSA) is 90.0 Å². The zero-order valence-electron chi connectivity index (χ0n) is 22.9. The lowest BCUT2D eigenvalue weighted by Gasteiger charge is -2.34. The van der Waals surface area contributed by atoms with Crippen LogP contribution >= 0.6 is 0 Å². The van der Waals surface area contributed by atoms with Gasteiger partial charge >= 0.3 is 0 Å². The largest absolute Gasteiger partial charge is 0.339 e. The van der Waals surface area contributed by atoms with E-state index in [4.69, 9.17) is 0 Å². The molecular weight excluding hydrogens is 524 g/mol. The van der Waals surface area contributed by atoms with Crippen LogP contribution in [0.3, 0.4) is 0 Å². The molecule has 2 amide bonds. The van der Waals surface area contributed by atoms with Gasteiger partial charge in [-0.3, -0.25) is 14.5 Å². The van der Waals surface area contributed by atoms with Gasteiger partial charge in [-0.2, -0.15) is 4.31 Å². The van der Waals surface area contributed by atoms with Gasteiger partial charge in [-0.1, -0.05) is 42.0 Å². The Kier molecular flexibility index (Phi) is 8.63. The fourth-order valence-electron chi connectivity index (χ4n) is 5.25. The first kappa shape index (κ1) is 28.0. The van der Waals surface area contributed by atoms with Crippen LogP contribution in [0.1, 0.15) is 51.1 Å². The summed E-state index contributed by atoms with van der Waals surface area (Å²) in [5.41, 5.74) is 3.62. The Balaban J connectivity index is 1.16. The third-order valence-corrected chi connectivity index (χ3v) is 9.57. The molecule has 0 aliphatic carbocycles. The molecule has 0 bridgehead atoms. The quantitative estimate of drug-likeness (QED) is 0.463. The van der Waals surface area contributed by atoms with Crippen molar-refractivity contribution in [1.29, 1.82) is 0 Å². The molecule has 2 saturated heterocycles. The highest BCUT2D eigenvalue weighted by Gasteiger charge is 2.28. The molecule has 1 N–H and O–H groups in total. The van der Waals surface area contributed by atoms with Gasteiger partial charge in [0.2, 0.25) is 10.0 Å². The summed E-state index contributed by atoms with van der Waals surface area (Å²) in [5, 5.41) is 2.92. The van der Waals surface area contributed by atoms with E-state index in [9.17, 15) is 18.0 Å². The highest BCUT2D eigenvalue weighted by Crippen LogP contribution is 2.22. The smallest absolute Gasteiger partial charge is 0.255 e. The van der Waals surface area contributed by atoms with Gasteiger partial charge in [-0.05, 0) is 68.1 Å². The molecule has 210 valence electrons. The lowest BCUT2D eigenvalue weighted by molar-refractivity contribution is 0.0725. The minimum Gasteiger partial charge on any atom is -0.339 e. The summed E-state index contributed by atoms with van der Waals surface area (Å²) < 4.78 is 27.5. The molecule has 40 heavy (non-hydrogen) atoms. The van der Waals surface area contributed by atoms with E-state index in [1.165, 1.54) is 0 Å². The first-order valence-electron chi connectivity index (χ1n) is 13.9. The molecule has 0 saturated carbocycles. The average molecular weight is 561 g/mol. The number of carbonyl (C=O) groups excluding carboxylic acids is 2. The van der Waals surface area contributed by atoms with Crippen molar-refractivity contribution >= 4 is 27.5 Å². The molecule has 8 nitrogen and oxygen atoms in total. The number of carbonyl (C=O) groups is 2. The number of sulfonamides is 1. The minimum atomic E-state index is -3.49. The highest BCUT2D eigenvalue weighted by molar-refractivity contribution is 7.89. The van der Waals surface area contributed by atoms with Gasteiger partial charge in [0.05, 0.1) is 16.1 Å². The summed E-state index contributed by atoms with van der Waals surface area (Å²) in [6.07, 6.45) is 3.16. The number of nitrogens with one attached hydrogen (secondary N) is 1. The third-order valence-electron chi connectivity index (χ3n) is 7.66. The number of piperidine rings is 1. The second-order valence-corrected chi connectivity index (χ2v) is 12.5. The molecule has 2 aliphatic rings. The fraction of sp³-hybridized carbons (Fsp3) is 0.355. The van der Waals surface area contributed by atoms with Crippen molar-refractivity contribution in [3.63, 3.8) is 0 Å². The van der Waals surface area contributed by atoms with Crippen molar-refractivity contribution in [2.75, 3.05) is 44.6 Å². The Morgan fingerprint density at radius 1 is 0.775 bits per heavy atom. The zero-order valence-corrected chi connectivity index (χ0v) is 23.7. The van der Waals surface area contributed by atoms with Crippen LogP contribution in [-0.4, -0.2) is 73.6 Å². The average Bonchev–Trinajstić information content (AvgIpc) is 2.98. The van der Waals surface area contributed by atoms with Crippen molar-refractivity contribution in [3.8, 4) is 0 Å². The van der Waals surface area contributed by atoms with E-state index in [-0.39, 0.29) is 11.8 Å². The van der Waals surface area contributed by atoms with Crippen LogP contribution in [0.15, 0.2) is 77.7 Å². The van der Waals surface area contributed by atoms with E-state index in [1.807, 2.05) is 48.2 Å². The Morgan fingerprint density at radius 3 is 2.10 bits per heavy atom. The third kappa shape index (κ3) is 6.43. The SMILES string of the molecule is Cc1ccc(S(=O)(=O)N2CCN(Cc3ccc(C(=O)Nc4ccccc4C(=O)N4CCCCC4)cc3)CC2)cc1. The van der Waals surface area contributed by atoms with Crippen LogP contribution in [0.5, 0.6) is 0 Å². The number of rotatable bonds is 7. The van der Waals surface area contributed by atoms with Gasteiger partial charge in [0.1, 0.15) is 0 Å². The number of amides is 2. The first-order valence-corrected chi connectivity index (χ1v) is 15.3. The van der Waals surface area contributed by atoms with Crippen LogP contribution in [0, 0.1) is 6.92 Å². The van der Waals surface area contributed by atoms with Crippen molar-refractivity contribution in [3.05, 3.63) is 95.1 Å². The number of likely N-dealkylation sites (tertiary alicyclic amines) is 1. The monoisotopic (exact) mass is 560 g/mol. The van der Waals surface area contributed by atoms with E-state index in [0.29, 0.717) is 54.4 Å². The predicted octanol–water partition coefficient (Wildman–Crippen LogP) is 4.38. The molecule has 2 aliphatic heterocycles. The highest BCUT2D eigenvalue weighted by atomic mass is 32.2. The van der Waals surface area contributed by atoms with Gasteiger partial charge in [0.25, 0.3) is 11.8 Å². The predicted molar refractivity (Wildman–Crippen MR) is 156 cm³/mol. The van der Waals surface area contributed by atoms with Crippen LogP contribution < -0.4 is 5.32 Å². The summed E-state index contributed by atoms with van der Waals surface area (Å²) in [6.45, 7) is 6.25. The molecule has 2 fully saturated rings. The van der Waals surface area contributed by atoms with Crippen molar-refractivity contribution in [1.82, 2.24) is 14.1 Å². The number of hydrogen-bond donors (Lipinski definition) is 1. The maximum absolute atomic E-state index is 13.1. The summed E-state index contributed by atoms with van der Waals surface area (Å²) >= 11 is 0. The van der Waals surface area contributed by atoms with Gasteiger partial charge in [0.15, 0.2) is 0 Å².